The number of rotatable bonds is 4. The van der Waals surface area contributed by atoms with E-state index in [2.05, 4.69) is 0 Å². The molecule has 0 heterocycles. The zero-order valence-electron chi connectivity index (χ0n) is 6.66. The van der Waals surface area contributed by atoms with E-state index in [4.69, 9.17) is 10.7 Å². The highest BCUT2D eigenvalue weighted by molar-refractivity contribution is 8.21. The van der Waals surface area contributed by atoms with Crippen molar-refractivity contribution in [1.82, 2.24) is 0 Å². The summed E-state index contributed by atoms with van der Waals surface area (Å²) in [5.41, 5.74) is 1.00. The molecule has 0 amide bonds. The van der Waals surface area contributed by atoms with Crippen LogP contribution in [-0.2, 0) is 6.42 Å². The number of phenols is 1. The Morgan fingerprint density at radius 3 is 2.75 bits per heavy atom. The number of para-hydroxylation sites is 1. The Morgan fingerprint density at radius 2 is 2.08 bits per heavy atom. The van der Waals surface area contributed by atoms with Crippen molar-refractivity contribution >= 4 is 21.7 Å². The monoisotopic (exact) mass is 202 g/mol. The number of aromatic hydroxyl groups is 1. The van der Waals surface area contributed by atoms with Crippen LogP contribution in [-0.4, -0.2) is 10.9 Å². The zero-order chi connectivity index (χ0) is 8.81. The molecule has 0 aliphatic heterocycles. The fourth-order valence-electron chi connectivity index (χ4n) is 1.04. The molecule has 0 fully saturated rings. The van der Waals surface area contributed by atoms with Crippen molar-refractivity contribution in [3.63, 3.8) is 0 Å². The summed E-state index contributed by atoms with van der Waals surface area (Å²) in [6.45, 7) is 0. The Kier molecular flexibility index (Phi) is 4.33. The third-order valence-electron chi connectivity index (χ3n) is 1.66. The predicted octanol–water partition coefficient (Wildman–Crippen LogP) is 3.21. The van der Waals surface area contributed by atoms with Gasteiger partial charge in [0.1, 0.15) is 5.75 Å². The molecule has 1 nitrogen and oxygen atoms in total. The van der Waals surface area contributed by atoms with Crippen molar-refractivity contribution in [2.75, 3.05) is 5.75 Å². The summed E-state index contributed by atoms with van der Waals surface area (Å²) in [4.78, 5) is 0. The minimum Gasteiger partial charge on any atom is -0.508 e. The molecule has 0 aliphatic carbocycles. The second-order valence-corrected chi connectivity index (χ2v) is 3.83. The number of hydrogen-bond acceptors (Lipinski definition) is 2. The molecule has 0 unspecified atom stereocenters. The van der Waals surface area contributed by atoms with E-state index in [0.29, 0.717) is 5.75 Å². The summed E-state index contributed by atoms with van der Waals surface area (Å²) in [7, 11) is 6.78. The highest BCUT2D eigenvalue weighted by atomic mass is 35.7. The van der Waals surface area contributed by atoms with E-state index in [-0.39, 0.29) is 0 Å². The first-order valence-electron chi connectivity index (χ1n) is 3.85. The van der Waals surface area contributed by atoms with Crippen LogP contribution in [0.3, 0.4) is 0 Å². The average molecular weight is 203 g/mol. The largest absolute Gasteiger partial charge is 0.508 e. The second-order valence-electron chi connectivity index (χ2n) is 2.55. The maximum Gasteiger partial charge on any atom is 0.118 e. The number of phenolic OH excluding ortho intramolecular Hbond substituents is 1. The third-order valence-corrected chi connectivity index (χ3v) is 2.57. The molecular formula is C9H11ClOS. The summed E-state index contributed by atoms with van der Waals surface area (Å²) in [6.07, 6.45) is 1.90. The SMILES string of the molecule is Oc1ccccc1CCCSCl. The van der Waals surface area contributed by atoms with E-state index in [1.807, 2.05) is 18.2 Å². The molecule has 66 valence electrons. The van der Waals surface area contributed by atoms with E-state index in [1.165, 1.54) is 11.0 Å². The van der Waals surface area contributed by atoms with Gasteiger partial charge < -0.3 is 5.11 Å². The van der Waals surface area contributed by atoms with Crippen molar-refractivity contribution in [1.29, 1.82) is 0 Å². The Hall–Kier alpha value is -0.340. The van der Waals surface area contributed by atoms with E-state index in [1.54, 1.807) is 6.07 Å². The van der Waals surface area contributed by atoms with Gasteiger partial charge in [0.15, 0.2) is 0 Å². The Morgan fingerprint density at radius 1 is 1.33 bits per heavy atom. The summed E-state index contributed by atoms with van der Waals surface area (Å²) in [6, 6.07) is 7.41. The summed E-state index contributed by atoms with van der Waals surface area (Å²) in [5.74, 6) is 1.31. The Balaban J connectivity index is 2.46. The van der Waals surface area contributed by atoms with Crippen molar-refractivity contribution < 1.29 is 5.11 Å². The summed E-state index contributed by atoms with van der Waals surface area (Å²) >= 11 is 0. The van der Waals surface area contributed by atoms with Crippen LogP contribution in [0, 0.1) is 0 Å². The maximum atomic E-state index is 9.37. The number of benzene rings is 1. The second kappa shape index (κ2) is 5.33. The summed E-state index contributed by atoms with van der Waals surface area (Å²) < 4.78 is 0. The maximum absolute atomic E-state index is 9.37. The third kappa shape index (κ3) is 2.95. The molecule has 1 N–H and O–H groups in total. The van der Waals surface area contributed by atoms with Gasteiger partial charge in [-0.15, -0.1) is 0 Å². The molecule has 0 aliphatic rings. The molecule has 1 rings (SSSR count). The number of aryl methyl sites for hydroxylation is 1. The lowest BCUT2D eigenvalue weighted by molar-refractivity contribution is 0.467. The van der Waals surface area contributed by atoms with Crippen LogP contribution in [0.1, 0.15) is 12.0 Å². The van der Waals surface area contributed by atoms with Crippen LogP contribution in [0.5, 0.6) is 5.75 Å². The first-order chi connectivity index (χ1) is 5.84. The number of hydrogen-bond donors (Lipinski definition) is 1. The minimum atomic E-state index is 0.386. The van der Waals surface area contributed by atoms with Gasteiger partial charge in [-0.2, -0.15) is 0 Å². The van der Waals surface area contributed by atoms with Crippen LogP contribution in [0.2, 0.25) is 0 Å². The lowest BCUT2D eigenvalue weighted by Gasteiger charge is -2.01. The van der Waals surface area contributed by atoms with Gasteiger partial charge in [-0.25, -0.2) is 0 Å². The quantitative estimate of drug-likeness (QED) is 0.757. The lowest BCUT2D eigenvalue weighted by atomic mass is 10.1. The van der Waals surface area contributed by atoms with Crippen molar-refractivity contribution in [3.05, 3.63) is 29.8 Å². The van der Waals surface area contributed by atoms with E-state index in [9.17, 15) is 5.11 Å². The molecule has 3 heteroatoms. The zero-order valence-corrected chi connectivity index (χ0v) is 8.24. The van der Waals surface area contributed by atoms with E-state index >= 15 is 0 Å². The average Bonchev–Trinajstić information content (AvgIpc) is 2.09. The summed E-state index contributed by atoms with van der Waals surface area (Å²) in [5, 5.41) is 9.37. The fraction of sp³-hybridized carbons (Fsp3) is 0.333. The standard InChI is InChI=1S/C9H11ClOS/c10-12-7-3-5-8-4-1-2-6-9(8)11/h1-2,4,6,11H,3,5,7H2. The van der Waals surface area contributed by atoms with Crippen LogP contribution in [0.4, 0.5) is 0 Å². The van der Waals surface area contributed by atoms with Gasteiger partial charge in [-0.3, -0.25) is 0 Å². The van der Waals surface area contributed by atoms with Gasteiger partial charge in [0.05, 0.1) is 0 Å². The molecule has 0 spiro atoms. The van der Waals surface area contributed by atoms with Crippen molar-refractivity contribution in [3.8, 4) is 5.75 Å². The van der Waals surface area contributed by atoms with Gasteiger partial charge in [0.25, 0.3) is 0 Å². The molecular weight excluding hydrogens is 192 g/mol. The highest BCUT2D eigenvalue weighted by Crippen LogP contribution is 2.18. The first-order valence-corrected chi connectivity index (χ1v) is 5.66. The van der Waals surface area contributed by atoms with Crippen molar-refractivity contribution in [2.24, 2.45) is 0 Å². The van der Waals surface area contributed by atoms with Gasteiger partial charge in [-0.1, -0.05) is 29.2 Å². The molecule has 1 aromatic rings. The molecule has 0 saturated carbocycles. The van der Waals surface area contributed by atoms with Gasteiger partial charge in [-0.05, 0) is 35.2 Å². The molecule has 12 heavy (non-hydrogen) atoms. The van der Waals surface area contributed by atoms with Crippen LogP contribution in [0.25, 0.3) is 0 Å². The minimum absolute atomic E-state index is 0.386. The molecule has 0 bridgehead atoms. The van der Waals surface area contributed by atoms with Gasteiger partial charge in [0, 0.05) is 5.75 Å². The molecule has 0 radical (unpaired) electrons. The van der Waals surface area contributed by atoms with Gasteiger partial charge >= 0.3 is 0 Å². The molecule has 0 saturated heterocycles. The first kappa shape index (κ1) is 9.75. The molecule has 1 aromatic carbocycles. The Labute approximate surface area is 81.3 Å². The van der Waals surface area contributed by atoms with Crippen LogP contribution in [0.15, 0.2) is 24.3 Å². The van der Waals surface area contributed by atoms with Gasteiger partial charge in [0.2, 0.25) is 0 Å². The highest BCUT2D eigenvalue weighted by Gasteiger charge is 1.97. The smallest absolute Gasteiger partial charge is 0.118 e. The topological polar surface area (TPSA) is 20.2 Å². The molecule has 0 aromatic heterocycles. The van der Waals surface area contributed by atoms with E-state index < -0.39 is 0 Å². The fourth-order valence-corrected chi connectivity index (χ4v) is 1.62. The lowest BCUT2D eigenvalue weighted by Crippen LogP contribution is -1.86. The van der Waals surface area contributed by atoms with Crippen LogP contribution >= 0.6 is 21.7 Å². The van der Waals surface area contributed by atoms with Crippen LogP contribution < -0.4 is 0 Å². The number of halogens is 1. The Bertz CT molecular complexity index is 240. The normalized spacial score (nSPS) is 10.1. The van der Waals surface area contributed by atoms with Crippen molar-refractivity contribution in [2.45, 2.75) is 12.8 Å². The predicted molar refractivity (Wildman–Crippen MR) is 54.7 cm³/mol. The van der Waals surface area contributed by atoms with E-state index in [0.717, 1.165) is 24.2 Å². The molecule has 0 atom stereocenters.